The van der Waals surface area contributed by atoms with Crippen LogP contribution in [-0.2, 0) is 6.42 Å². The zero-order valence-corrected chi connectivity index (χ0v) is 12.0. The van der Waals surface area contributed by atoms with Crippen molar-refractivity contribution in [1.82, 2.24) is 15.1 Å². The van der Waals surface area contributed by atoms with E-state index < -0.39 is 0 Å². The number of nitrogens with zero attached hydrogens (tertiary/aromatic N) is 3. The van der Waals surface area contributed by atoms with E-state index in [9.17, 15) is 0 Å². The average molecular weight is 300 g/mol. The summed E-state index contributed by atoms with van der Waals surface area (Å²) in [6, 6.07) is 0. The highest BCUT2D eigenvalue weighted by Crippen LogP contribution is 2.35. The number of anilines is 1. The first-order valence-corrected chi connectivity index (χ1v) is 8.61. The molecule has 1 atom stereocenters. The van der Waals surface area contributed by atoms with Gasteiger partial charge in [0.15, 0.2) is 11.0 Å². The largest absolute Gasteiger partial charge is 0.375 e. The molecule has 18 heavy (non-hydrogen) atoms. The number of nitrogen functional groups attached to an aromatic ring is 1. The standard InChI is InChI=1S/C10H12N4OS3/c11-10-12-6(4-18-10)3-8-13-9(14-15-8)7-5-16-1-2-17-7/h4,7H,1-3,5H2,(H2,11,12). The van der Waals surface area contributed by atoms with E-state index in [0.717, 1.165) is 23.0 Å². The highest BCUT2D eigenvalue weighted by atomic mass is 32.2. The third-order valence-electron chi connectivity index (χ3n) is 2.49. The van der Waals surface area contributed by atoms with Gasteiger partial charge < -0.3 is 10.3 Å². The van der Waals surface area contributed by atoms with Crippen molar-refractivity contribution in [1.29, 1.82) is 0 Å². The number of hydrogen-bond donors (Lipinski definition) is 1. The van der Waals surface area contributed by atoms with E-state index in [4.69, 9.17) is 10.3 Å². The van der Waals surface area contributed by atoms with E-state index in [2.05, 4.69) is 15.1 Å². The Kier molecular flexibility index (Phi) is 3.76. The molecule has 2 aromatic heterocycles. The second kappa shape index (κ2) is 5.50. The fourth-order valence-corrected chi connectivity index (χ4v) is 4.82. The third kappa shape index (κ3) is 2.81. The first-order chi connectivity index (χ1) is 8.81. The summed E-state index contributed by atoms with van der Waals surface area (Å²) in [5, 5.41) is 6.92. The van der Waals surface area contributed by atoms with Crippen molar-refractivity contribution < 1.29 is 4.52 Å². The van der Waals surface area contributed by atoms with E-state index in [1.54, 1.807) is 0 Å². The van der Waals surface area contributed by atoms with Crippen molar-refractivity contribution in [2.45, 2.75) is 11.7 Å². The topological polar surface area (TPSA) is 77.8 Å². The Bertz CT molecular complexity index is 521. The van der Waals surface area contributed by atoms with Crippen molar-refractivity contribution >= 4 is 40.0 Å². The SMILES string of the molecule is Nc1nc(Cc2nc(C3CSCCS3)no2)cs1. The normalized spacial score (nSPS) is 20.1. The number of thiazole rings is 1. The molecule has 2 N–H and O–H groups in total. The molecule has 2 aromatic rings. The molecule has 96 valence electrons. The molecule has 0 spiro atoms. The lowest BCUT2D eigenvalue weighted by Gasteiger charge is -2.16. The van der Waals surface area contributed by atoms with Gasteiger partial charge in [0.1, 0.15) is 0 Å². The van der Waals surface area contributed by atoms with Crippen molar-refractivity contribution in [2.75, 3.05) is 23.0 Å². The van der Waals surface area contributed by atoms with Gasteiger partial charge in [0.25, 0.3) is 0 Å². The molecular formula is C10H12N4OS3. The van der Waals surface area contributed by atoms with Gasteiger partial charge in [0, 0.05) is 22.6 Å². The predicted molar refractivity (Wildman–Crippen MR) is 76.2 cm³/mol. The van der Waals surface area contributed by atoms with Gasteiger partial charge in [-0.15, -0.1) is 23.1 Å². The monoisotopic (exact) mass is 300 g/mol. The first-order valence-electron chi connectivity index (χ1n) is 5.53. The molecule has 1 unspecified atom stereocenters. The number of aromatic nitrogens is 3. The number of thioether (sulfide) groups is 2. The van der Waals surface area contributed by atoms with Crippen LogP contribution in [0.5, 0.6) is 0 Å². The van der Waals surface area contributed by atoms with Gasteiger partial charge >= 0.3 is 0 Å². The van der Waals surface area contributed by atoms with Gasteiger partial charge in [-0.05, 0) is 0 Å². The Morgan fingerprint density at radius 1 is 1.39 bits per heavy atom. The lowest BCUT2D eigenvalue weighted by atomic mass is 10.3. The summed E-state index contributed by atoms with van der Waals surface area (Å²) in [4.78, 5) is 8.64. The van der Waals surface area contributed by atoms with Gasteiger partial charge in [-0.3, -0.25) is 0 Å². The van der Waals surface area contributed by atoms with Crippen LogP contribution in [0.1, 0.15) is 22.7 Å². The molecular weight excluding hydrogens is 288 g/mol. The summed E-state index contributed by atoms with van der Waals surface area (Å²) in [5.41, 5.74) is 6.48. The second-order valence-electron chi connectivity index (χ2n) is 3.83. The van der Waals surface area contributed by atoms with Gasteiger partial charge in [-0.25, -0.2) is 4.98 Å². The Hall–Kier alpha value is -0.730. The summed E-state index contributed by atoms with van der Waals surface area (Å²) in [6.07, 6.45) is 0.561. The first kappa shape index (κ1) is 12.3. The molecule has 0 radical (unpaired) electrons. The molecule has 8 heteroatoms. The zero-order valence-electron chi connectivity index (χ0n) is 9.54. The Labute approximate surface area is 117 Å². The van der Waals surface area contributed by atoms with E-state index in [1.165, 1.54) is 17.1 Å². The van der Waals surface area contributed by atoms with Gasteiger partial charge in [0.2, 0.25) is 5.89 Å². The van der Waals surface area contributed by atoms with Crippen LogP contribution < -0.4 is 5.73 Å². The predicted octanol–water partition coefficient (Wildman–Crippen LogP) is 2.22. The maximum absolute atomic E-state index is 5.59. The molecule has 0 aromatic carbocycles. The molecule has 0 saturated carbocycles. The Balaban J connectivity index is 1.69. The lowest BCUT2D eigenvalue weighted by Crippen LogP contribution is -2.08. The summed E-state index contributed by atoms with van der Waals surface area (Å²) >= 11 is 5.27. The van der Waals surface area contributed by atoms with Gasteiger partial charge in [0.05, 0.1) is 17.4 Å². The molecule has 1 saturated heterocycles. The molecule has 3 rings (SSSR count). The second-order valence-corrected chi connectivity index (χ2v) is 7.18. The van der Waals surface area contributed by atoms with Crippen LogP contribution in [0, 0.1) is 0 Å². The maximum Gasteiger partial charge on any atom is 0.232 e. The molecule has 1 aliphatic rings. The van der Waals surface area contributed by atoms with E-state index in [0.29, 0.717) is 22.7 Å². The minimum absolute atomic E-state index is 0.363. The zero-order chi connectivity index (χ0) is 12.4. The van der Waals surface area contributed by atoms with E-state index in [-0.39, 0.29) is 0 Å². The van der Waals surface area contributed by atoms with Crippen LogP contribution in [-0.4, -0.2) is 32.4 Å². The Morgan fingerprint density at radius 2 is 2.33 bits per heavy atom. The highest BCUT2D eigenvalue weighted by Gasteiger charge is 2.22. The Morgan fingerprint density at radius 3 is 3.06 bits per heavy atom. The summed E-state index contributed by atoms with van der Waals surface area (Å²) in [5.74, 6) is 4.86. The molecule has 5 nitrogen and oxygen atoms in total. The summed E-state index contributed by atoms with van der Waals surface area (Å²) < 4.78 is 5.27. The van der Waals surface area contributed by atoms with Crippen molar-refractivity contribution in [3.63, 3.8) is 0 Å². The quantitative estimate of drug-likeness (QED) is 0.931. The molecule has 0 aliphatic carbocycles. The maximum atomic E-state index is 5.59. The minimum atomic E-state index is 0.363. The average Bonchev–Trinajstić information content (AvgIpc) is 3.01. The summed E-state index contributed by atoms with van der Waals surface area (Å²) in [6.45, 7) is 0. The van der Waals surface area contributed by atoms with Crippen LogP contribution in [0.3, 0.4) is 0 Å². The molecule has 3 heterocycles. The number of nitrogens with two attached hydrogens (primary N) is 1. The number of rotatable bonds is 3. The van der Waals surface area contributed by atoms with Gasteiger partial charge in [-0.2, -0.15) is 16.7 Å². The van der Waals surface area contributed by atoms with E-state index in [1.807, 2.05) is 28.9 Å². The summed E-state index contributed by atoms with van der Waals surface area (Å²) in [7, 11) is 0. The molecule has 0 amide bonds. The molecule has 0 bridgehead atoms. The minimum Gasteiger partial charge on any atom is -0.375 e. The van der Waals surface area contributed by atoms with Crippen LogP contribution in [0.15, 0.2) is 9.90 Å². The van der Waals surface area contributed by atoms with E-state index >= 15 is 0 Å². The number of hydrogen-bond acceptors (Lipinski definition) is 8. The smallest absolute Gasteiger partial charge is 0.232 e. The van der Waals surface area contributed by atoms with Crippen molar-refractivity contribution in [3.05, 3.63) is 22.8 Å². The van der Waals surface area contributed by atoms with Crippen molar-refractivity contribution in [2.24, 2.45) is 0 Å². The van der Waals surface area contributed by atoms with Gasteiger partial charge in [-0.1, -0.05) is 5.16 Å². The fourth-order valence-electron chi connectivity index (χ4n) is 1.67. The highest BCUT2D eigenvalue weighted by molar-refractivity contribution is 8.06. The van der Waals surface area contributed by atoms with Crippen LogP contribution in [0.4, 0.5) is 5.13 Å². The van der Waals surface area contributed by atoms with Crippen LogP contribution >= 0.6 is 34.9 Å². The lowest BCUT2D eigenvalue weighted by molar-refractivity contribution is 0.379. The molecule has 1 aliphatic heterocycles. The van der Waals surface area contributed by atoms with Crippen LogP contribution in [0.2, 0.25) is 0 Å². The van der Waals surface area contributed by atoms with Crippen LogP contribution in [0.25, 0.3) is 0 Å². The van der Waals surface area contributed by atoms with Crippen molar-refractivity contribution in [3.8, 4) is 0 Å². The fraction of sp³-hybridized carbons (Fsp3) is 0.500. The molecule has 1 fully saturated rings. The third-order valence-corrected chi connectivity index (χ3v) is 5.96.